The van der Waals surface area contributed by atoms with E-state index in [9.17, 15) is 4.79 Å². The van der Waals surface area contributed by atoms with E-state index in [4.69, 9.17) is 14.2 Å². The summed E-state index contributed by atoms with van der Waals surface area (Å²) in [4.78, 5) is 17.0. The van der Waals surface area contributed by atoms with Crippen molar-refractivity contribution < 1.29 is 19.0 Å². The molecule has 0 aliphatic heterocycles. The molecule has 0 saturated carbocycles. The third-order valence-electron chi connectivity index (χ3n) is 4.59. The van der Waals surface area contributed by atoms with E-state index in [-0.39, 0.29) is 5.91 Å². The molecule has 6 nitrogen and oxygen atoms in total. The van der Waals surface area contributed by atoms with E-state index in [1.54, 1.807) is 38.1 Å². The molecule has 1 aromatic heterocycles. The van der Waals surface area contributed by atoms with Gasteiger partial charge in [0.2, 0.25) is 0 Å². The first-order valence-corrected chi connectivity index (χ1v) is 12.4. The van der Waals surface area contributed by atoms with Crippen LogP contribution in [0, 0.1) is 0 Å². The Hall–Kier alpha value is -2.71. The number of nitrogens with zero attached hydrogens (tertiary/aromatic N) is 1. The zero-order valence-electron chi connectivity index (χ0n) is 18.6. The fraction of sp³-hybridized carbons (Fsp3) is 0.333. The second-order valence-corrected chi connectivity index (χ2v) is 8.88. The Bertz CT molecular complexity index is 983. The van der Waals surface area contributed by atoms with E-state index in [0.717, 1.165) is 52.9 Å². The average molecular weight is 473 g/mol. The highest BCUT2D eigenvalue weighted by Gasteiger charge is 2.10. The van der Waals surface area contributed by atoms with Crippen LogP contribution >= 0.6 is 23.1 Å². The highest BCUT2D eigenvalue weighted by molar-refractivity contribution is 7.97. The number of rotatable bonds is 12. The van der Waals surface area contributed by atoms with Gasteiger partial charge in [0.25, 0.3) is 5.91 Å². The Labute approximate surface area is 197 Å². The largest absolute Gasteiger partial charge is 0.497 e. The number of hydrogen-bond acceptors (Lipinski definition) is 7. The molecule has 0 aliphatic rings. The van der Waals surface area contributed by atoms with Crippen molar-refractivity contribution in [2.45, 2.75) is 31.3 Å². The Kier molecular flexibility index (Phi) is 9.25. The molecule has 0 saturated heterocycles. The zero-order chi connectivity index (χ0) is 22.8. The number of benzene rings is 2. The van der Waals surface area contributed by atoms with Crippen LogP contribution in [0.25, 0.3) is 0 Å². The van der Waals surface area contributed by atoms with Crippen LogP contribution in [-0.4, -0.2) is 31.7 Å². The van der Waals surface area contributed by atoms with Gasteiger partial charge in [-0.3, -0.25) is 10.1 Å². The Morgan fingerprint density at radius 1 is 1.03 bits per heavy atom. The number of thioether (sulfide) groups is 1. The summed E-state index contributed by atoms with van der Waals surface area (Å²) in [6.07, 6.45) is 2.10. The number of ether oxygens (including phenoxy) is 3. The molecular formula is C24H28N2O4S2. The smallest absolute Gasteiger partial charge is 0.257 e. The minimum absolute atomic E-state index is 0.179. The van der Waals surface area contributed by atoms with Crippen molar-refractivity contribution in [3.8, 4) is 17.2 Å². The number of anilines is 1. The fourth-order valence-electron chi connectivity index (χ4n) is 2.86. The topological polar surface area (TPSA) is 69.7 Å². The number of methoxy groups -OCH3 is 2. The van der Waals surface area contributed by atoms with Gasteiger partial charge in [-0.05, 0) is 48.4 Å². The summed E-state index contributed by atoms with van der Waals surface area (Å²) < 4.78 is 16.3. The Balaban J connectivity index is 1.49. The van der Waals surface area contributed by atoms with Crippen LogP contribution in [0.1, 0.15) is 41.4 Å². The second kappa shape index (κ2) is 12.4. The molecule has 3 aromatic rings. The van der Waals surface area contributed by atoms with Gasteiger partial charge >= 0.3 is 0 Å². The predicted molar refractivity (Wildman–Crippen MR) is 131 cm³/mol. The van der Waals surface area contributed by atoms with Crippen LogP contribution in [0.2, 0.25) is 0 Å². The first-order valence-electron chi connectivity index (χ1n) is 10.4. The Morgan fingerprint density at radius 3 is 2.41 bits per heavy atom. The summed E-state index contributed by atoms with van der Waals surface area (Å²) in [5, 5.41) is 5.44. The summed E-state index contributed by atoms with van der Waals surface area (Å²) in [5.41, 5.74) is 2.63. The average Bonchev–Trinajstić information content (AvgIpc) is 3.26. The van der Waals surface area contributed by atoms with Crippen molar-refractivity contribution in [2.75, 3.05) is 26.1 Å². The number of amides is 1. The molecule has 1 N–H and O–H groups in total. The molecule has 0 atom stereocenters. The van der Waals surface area contributed by atoms with E-state index < -0.39 is 0 Å². The van der Waals surface area contributed by atoms with E-state index in [2.05, 4.69) is 17.2 Å². The Morgan fingerprint density at radius 2 is 1.75 bits per heavy atom. The van der Waals surface area contributed by atoms with Crippen molar-refractivity contribution >= 4 is 34.1 Å². The lowest BCUT2D eigenvalue weighted by Crippen LogP contribution is -2.11. The maximum atomic E-state index is 12.5. The summed E-state index contributed by atoms with van der Waals surface area (Å²) in [7, 11) is 3.29. The van der Waals surface area contributed by atoms with Gasteiger partial charge in [0.1, 0.15) is 17.2 Å². The normalized spacial score (nSPS) is 10.6. The van der Waals surface area contributed by atoms with Crippen molar-refractivity contribution in [3.63, 3.8) is 0 Å². The van der Waals surface area contributed by atoms with E-state index in [0.29, 0.717) is 17.3 Å². The minimum atomic E-state index is -0.179. The molecule has 0 bridgehead atoms. The molecule has 8 heteroatoms. The molecule has 3 rings (SSSR count). The lowest BCUT2D eigenvalue weighted by molar-refractivity contribution is 0.102. The molecule has 1 heterocycles. The van der Waals surface area contributed by atoms with Crippen LogP contribution in [0.4, 0.5) is 5.13 Å². The number of nitrogens with one attached hydrogen (secondary N) is 1. The monoisotopic (exact) mass is 472 g/mol. The summed E-state index contributed by atoms with van der Waals surface area (Å²) in [6, 6.07) is 13.0. The summed E-state index contributed by atoms with van der Waals surface area (Å²) >= 11 is 3.17. The highest BCUT2D eigenvalue weighted by atomic mass is 32.2. The van der Waals surface area contributed by atoms with Crippen molar-refractivity contribution in [3.05, 3.63) is 64.7 Å². The third-order valence-corrected chi connectivity index (χ3v) is 6.43. The maximum Gasteiger partial charge on any atom is 0.257 e. The molecule has 0 unspecified atom stereocenters. The second-order valence-electron chi connectivity index (χ2n) is 7.04. The molecule has 2 aromatic carbocycles. The standard InChI is InChI=1S/C24H28N2O4S2/c1-4-5-10-30-20-8-6-18(7-9-20)23(27)26-24-25-19(16-32-24)15-31-14-17-11-21(28-2)13-22(12-17)29-3/h6-9,11-13,16H,4-5,10,14-15H2,1-3H3,(H,25,26,27). The highest BCUT2D eigenvalue weighted by Crippen LogP contribution is 2.27. The number of carbonyl (C=O) groups excluding carboxylic acids is 1. The van der Waals surface area contributed by atoms with Crippen molar-refractivity contribution in [1.82, 2.24) is 4.98 Å². The number of carbonyl (C=O) groups is 1. The number of hydrogen-bond donors (Lipinski definition) is 1. The van der Waals surface area contributed by atoms with Crippen molar-refractivity contribution in [2.24, 2.45) is 0 Å². The van der Waals surface area contributed by atoms with Gasteiger partial charge in [-0.15, -0.1) is 11.3 Å². The first-order chi connectivity index (χ1) is 15.6. The van der Waals surface area contributed by atoms with Crippen LogP contribution in [0.5, 0.6) is 17.2 Å². The van der Waals surface area contributed by atoms with Crippen LogP contribution in [0.3, 0.4) is 0 Å². The molecule has 0 fully saturated rings. The lowest BCUT2D eigenvalue weighted by Gasteiger charge is -2.08. The molecule has 170 valence electrons. The third kappa shape index (κ3) is 7.17. The number of aromatic nitrogens is 1. The quantitative estimate of drug-likeness (QED) is 0.325. The summed E-state index contributed by atoms with van der Waals surface area (Å²) in [5.74, 6) is 3.70. The van der Waals surface area contributed by atoms with Gasteiger partial charge in [-0.1, -0.05) is 13.3 Å². The molecule has 0 spiro atoms. The molecule has 32 heavy (non-hydrogen) atoms. The SMILES string of the molecule is CCCCOc1ccc(C(=O)Nc2nc(CSCc3cc(OC)cc(OC)c3)cs2)cc1. The number of unbranched alkanes of at least 4 members (excludes halogenated alkanes) is 1. The van der Waals surface area contributed by atoms with E-state index >= 15 is 0 Å². The van der Waals surface area contributed by atoms with Crippen LogP contribution in [0.15, 0.2) is 47.8 Å². The van der Waals surface area contributed by atoms with Gasteiger partial charge in [0.05, 0.1) is 26.5 Å². The first kappa shape index (κ1) is 23.9. The van der Waals surface area contributed by atoms with Crippen LogP contribution < -0.4 is 19.5 Å². The van der Waals surface area contributed by atoms with E-state index in [1.807, 2.05) is 35.7 Å². The van der Waals surface area contributed by atoms with Gasteiger partial charge in [0.15, 0.2) is 5.13 Å². The fourth-order valence-corrected chi connectivity index (χ4v) is 4.53. The molecule has 1 amide bonds. The van der Waals surface area contributed by atoms with E-state index in [1.165, 1.54) is 11.3 Å². The molecular weight excluding hydrogens is 444 g/mol. The van der Waals surface area contributed by atoms with Gasteiger partial charge in [-0.2, -0.15) is 11.8 Å². The van der Waals surface area contributed by atoms with Gasteiger partial charge < -0.3 is 14.2 Å². The number of thiazole rings is 1. The summed E-state index contributed by atoms with van der Waals surface area (Å²) in [6.45, 7) is 2.81. The van der Waals surface area contributed by atoms with Gasteiger partial charge in [0, 0.05) is 28.5 Å². The molecule has 0 radical (unpaired) electrons. The minimum Gasteiger partial charge on any atom is -0.497 e. The van der Waals surface area contributed by atoms with Crippen molar-refractivity contribution in [1.29, 1.82) is 0 Å². The van der Waals surface area contributed by atoms with Gasteiger partial charge in [-0.25, -0.2) is 4.98 Å². The zero-order valence-corrected chi connectivity index (χ0v) is 20.2. The lowest BCUT2D eigenvalue weighted by atomic mass is 10.2. The molecule has 0 aliphatic carbocycles. The maximum absolute atomic E-state index is 12.5. The predicted octanol–water partition coefficient (Wildman–Crippen LogP) is 6.02. The van der Waals surface area contributed by atoms with Crippen LogP contribution in [-0.2, 0) is 11.5 Å².